The molecule has 0 heterocycles. The molecule has 1 aromatic carbocycles. The molecule has 0 saturated heterocycles. The fraction of sp³-hybridized carbons (Fsp3) is 0.538. The van der Waals surface area contributed by atoms with Gasteiger partial charge in [-0.25, -0.2) is 0 Å². The van der Waals surface area contributed by atoms with Gasteiger partial charge in [-0.15, -0.1) is 0 Å². The van der Waals surface area contributed by atoms with Gasteiger partial charge >= 0.3 is 0 Å². The number of nitrogens with one attached hydrogen (secondary N) is 1. The first-order chi connectivity index (χ1) is 7.81. The highest BCUT2D eigenvalue weighted by molar-refractivity contribution is 5.47. The fourth-order valence-electron chi connectivity index (χ4n) is 1.93. The average molecular weight is 221 g/mol. The van der Waals surface area contributed by atoms with Crippen LogP contribution < -0.4 is 10.1 Å². The molecule has 3 nitrogen and oxygen atoms in total. The highest BCUT2D eigenvalue weighted by Gasteiger charge is 2.28. The van der Waals surface area contributed by atoms with Crippen LogP contribution in [0.3, 0.4) is 0 Å². The Morgan fingerprint density at radius 3 is 2.50 bits per heavy atom. The summed E-state index contributed by atoms with van der Waals surface area (Å²) in [7, 11) is 1.78. The summed E-state index contributed by atoms with van der Waals surface area (Å²) in [6.07, 6.45) is 2.65. The molecule has 0 radical (unpaired) electrons. The number of rotatable bonds is 5. The number of ether oxygens (including phenoxy) is 2. The Kier molecular flexibility index (Phi) is 3.67. The molecular formula is C13H19NO2. The summed E-state index contributed by atoms with van der Waals surface area (Å²) in [6, 6.07) is 8.68. The lowest BCUT2D eigenvalue weighted by molar-refractivity contribution is 0.0329. The first kappa shape index (κ1) is 11.3. The molecule has 1 aromatic rings. The van der Waals surface area contributed by atoms with E-state index < -0.39 is 0 Å². The highest BCUT2D eigenvalue weighted by Crippen LogP contribution is 2.26. The van der Waals surface area contributed by atoms with Crippen LogP contribution >= 0.6 is 0 Å². The number of benzene rings is 1. The van der Waals surface area contributed by atoms with Gasteiger partial charge < -0.3 is 14.8 Å². The topological polar surface area (TPSA) is 30.5 Å². The molecule has 1 aliphatic rings. The molecule has 1 fully saturated rings. The van der Waals surface area contributed by atoms with E-state index in [0.29, 0.717) is 18.8 Å². The Bertz CT molecular complexity index is 317. The molecule has 88 valence electrons. The molecule has 2 rings (SSSR count). The molecule has 1 saturated carbocycles. The first-order valence-electron chi connectivity index (χ1n) is 5.84. The summed E-state index contributed by atoms with van der Waals surface area (Å²) in [4.78, 5) is 0. The van der Waals surface area contributed by atoms with Crippen LogP contribution in [-0.2, 0) is 4.74 Å². The second kappa shape index (κ2) is 5.21. The van der Waals surface area contributed by atoms with Crippen molar-refractivity contribution < 1.29 is 9.47 Å². The lowest BCUT2D eigenvalue weighted by Crippen LogP contribution is -2.40. The van der Waals surface area contributed by atoms with Gasteiger partial charge in [0, 0.05) is 18.8 Å². The summed E-state index contributed by atoms with van der Waals surface area (Å²) in [6.45, 7) is 2.70. The highest BCUT2D eigenvalue weighted by atomic mass is 16.5. The van der Waals surface area contributed by atoms with Crippen molar-refractivity contribution in [1.29, 1.82) is 0 Å². The van der Waals surface area contributed by atoms with Gasteiger partial charge in [-0.05, 0) is 44.0 Å². The molecule has 1 aliphatic carbocycles. The second-order valence-electron chi connectivity index (χ2n) is 4.13. The SMILES string of the molecule is CCOc1ccc(NC2CC(OC)C2)cc1. The van der Waals surface area contributed by atoms with Crippen LogP contribution in [0.15, 0.2) is 24.3 Å². The van der Waals surface area contributed by atoms with E-state index in [-0.39, 0.29) is 0 Å². The minimum Gasteiger partial charge on any atom is -0.494 e. The number of hydrogen-bond acceptors (Lipinski definition) is 3. The van der Waals surface area contributed by atoms with Crippen molar-refractivity contribution in [1.82, 2.24) is 0 Å². The van der Waals surface area contributed by atoms with Gasteiger partial charge in [-0.3, -0.25) is 0 Å². The van der Waals surface area contributed by atoms with Crippen LogP contribution in [-0.4, -0.2) is 25.9 Å². The summed E-state index contributed by atoms with van der Waals surface area (Å²) < 4.78 is 10.6. The molecule has 0 spiro atoms. The van der Waals surface area contributed by atoms with Crippen LogP contribution in [0, 0.1) is 0 Å². The van der Waals surface area contributed by atoms with Gasteiger partial charge in [0.1, 0.15) is 5.75 Å². The molecule has 3 heteroatoms. The Morgan fingerprint density at radius 1 is 1.25 bits per heavy atom. The third kappa shape index (κ3) is 2.67. The van der Waals surface area contributed by atoms with E-state index in [0.717, 1.165) is 24.3 Å². The van der Waals surface area contributed by atoms with Gasteiger partial charge in [-0.1, -0.05) is 0 Å². The number of anilines is 1. The Labute approximate surface area is 96.8 Å². The zero-order valence-electron chi connectivity index (χ0n) is 9.90. The third-order valence-electron chi connectivity index (χ3n) is 2.96. The molecule has 0 aliphatic heterocycles. The van der Waals surface area contributed by atoms with Crippen molar-refractivity contribution in [3.05, 3.63) is 24.3 Å². The van der Waals surface area contributed by atoms with Gasteiger partial charge in [0.25, 0.3) is 0 Å². The molecule has 0 amide bonds. The number of hydrogen-bond donors (Lipinski definition) is 1. The Morgan fingerprint density at radius 2 is 1.94 bits per heavy atom. The minimum atomic E-state index is 0.445. The molecule has 0 bridgehead atoms. The van der Waals surface area contributed by atoms with E-state index in [1.54, 1.807) is 7.11 Å². The van der Waals surface area contributed by atoms with Crippen LogP contribution in [0.2, 0.25) is 0 Å². The zero-order valence-corrected chi connectivity index (χ0v) is 9.90. The van der Waals surface area contributed by atoms with Crippen LogP contribution in [0.25, 0.3) is 0 Å². The predicted octanol–water partition coefficient (Wildman–Crippen LogP) is 2.67. The molecule has 0 aromatic heterocycles. The summed E-state index contributed by atoms with van der Waals surface area (Å²) in [5, 5.41) is 3.48. The van der Waals surface area contributed by atoms with E-state index in [2.05, 4.69) is 17.4 Å². The Hall–Kier alpha value is -1.22. The van der Waals surface area contributed by atoms with E-state index in [1.807, 2.05) is 19.1 Å². The summed E-state index contributed by atoms with van der Waals surface area (Å²) in [5.41, 5.74) is 1.16. The first-order valence-corrected chi connectivity index (χ1v) is 5.84. The standard InChI is InChI=1S/C13H19NO2/c1-3-16-12-6-4-10(5-7-12)14-11-8-13(9-11)15-2/h4-7,11,13-14H,3,8-9H2,1-2H3. The molecule has 0 atom stereocenters. The maximum Gasteiger partial charge on any atom is 0.119 e. The quantitative estimate of drug-likeness (QED) is 0.829. The van der Waals surface area contributed by atoms with E-state index in [9.17, 15) is 0 Å². The summed E-state index contributed by atoms with van der Waals surface area (Å²) in [5.74, 6) is 0.927. The minimum absolute atomic E-state index is 0.445. The van der Waals surface area contributed by atoms with Crippen molar-refractivity contribution in [2.75, 3.05) is 19.0 Å². The predicted molar refractivity (Wildman–Crippen MR) is 65.1 cm³/mol. The second-order valence-corrected chi connectivity index (χ2v) is 4.13. The third-order valence-corrected chi connectivity index (χ3v) is 2.96. The lowest BCUT2D eigenvalue weighted by Gasteiger charge is -2.35. The molecule has 16 heavy (non-hydrogen) atoms. The van der Waals surface area contributed by atoms with Gasteiger partial charge in [0.15, 0.2) is 0 Å². The van der Waals surface area contributed by atoms with Gasteiger partial charge in [-0.2, -0.15) is 0 Å². The fourth-order valence-corrected chi connectivity index (χ4v) is 1.93. The molecular weight excluding hydrogens is 202 g/mol. The maximum absolute atomic E-state index is 5.39. The average Bonchev–Trinajstić information content (AvgIpc) is 2.25. The van der Waals surface area contributed by atoms with E-state index in [1.165, 1.54) is 0 Å². The summed E-state index contributed by atoms with van der Waals surface area (Å²) >= 11 is 0. The maximum atomic E-state index is 5.39. The van der Waals surface area contributed by atoms with Crippen molar-refractivity contribution in [3.8, 4) is 5.75 Å². The lowest BCUT2D eigenvalue weighted by atomic mass is 9.89. The Balaban J connectivity index is 1.82. The van der Waals surface area contributed by atoms with Crippen molar-refractivity contribution in [2.24, 2.45) is 0 Å². The van der Waals surface area contributed by atoms with Crippen LogP contribution in [0.4, 0.5) is 5.69 Å². The molecule has 1 N–H and O–H groups in total. The van der Waals surface area contributed by atoms with Gasteiger partial charge in [0.2, 0.25) is 0 Å². The number of methoxy groups -OCH3 is 1. The van der Waals surface area contributed by atoms with Crippen molar-refractivity contribution >= 4 is 5.69 Å². The van der Waals surface area contributed by atoms with Crippen molar-refractivity contribution in [2.45, 2.75) is 31.9 Å². The van der Waals surface area contributed by atoms with Gasteiger partial charge in [0.05, 0.1) is 12.7 Å². The largest absolute Gasteiger partial charge is 0.494 e. The van der Waals surface area contributed by atoms with E-state index >= 15 is 0 Å². The normalized spacial score (nSPS) is 23.6. The van der Waals surface area contributed by atoms with Crippen LogP contribution in [0.1, 0.15) is 19.8 Å². The monoisotopic (exact) mass is 221 g/mol. The van der Waals surface area contributed by atoms with Crippen molar-refractivity contribution in [3.63, 3.8) is 0 Å². The molecule has 0 unspecified atom stereocenters. The zero-order chi connectivity index (χ0) is 11.4. The smallest absolute Gasteiger partial charge is 0.119 e. The van der Waals surface area contributed by atoms with E-state index in [4.69, 9.17) is 9.47 Å². The van der Waals surface area contributed by atoms with Crippen LogP contribution in [0.5, 0.6) is 5.75 Å².